The number of carbonyl (C=O) groups is 1. The highest BCUT2D eigenvalue weighted by molar-refractivity contribution is 14.1. The Morgan fingerprint density at radius 3 is 2.70 bits per heavy atom. The van der Waals surface area contributed by atoms with E-state index in [1.54, 1.807) is 24.1 Å². The van der Waals surface area contributed by atoms with Crippen molar-refractivity contribution in [3.8, 4) is 5.75 Å². The molecule has 0 radical (unpaired) electrons. The van der Waals surface area contributed by atoms with E-state index in [2.05, 4.69) is 15.9 Å². The molecule has 0 aliphatic carbocycles. The Balaban J connectivity index is 2.14. The summed E-state index contributed by atoms with van der Waals surface area (Å²) in [6.45, 7) is 0.519. The van der Waals surface area contributed by atoms with Gasteiger partial charge in [-0.25, -0.2) is 0 Å². The van der Waals surface area contributed by atoms with Gasteiger partial charge >= 0.3 is 0 Å². The Morgan fingerprint density at radius 2 is 2.05 bits per heavy atom. The zero-order chi connectivity index (χ0) is 14.7. The molecule has 0 aliphatic heterocycles. The van der Waals surface area contributed by atoms with Crippen molar-refractivity contribution in [1.82, 2.24) is 4.90 Å². The number of halogens is 2. The predicted molar refractivity (Wildman–Crippen MR) is 90.8 cm³/mol. The second-order valence-corrected chi connectivity index (χ2v) is 6.54. The lowest BCUT2D eigenvalue weighted by molar-refractivity contribution is 0.0784. The van der Waals surface area contributed by atoms with Gasteiger partial charge in [0.2, 0.25) is 0 Å². The molecule has 0 atom stereocenters. The molecule has 0 aliphatic rings. The van der Waals surface area contributed by atoms with Gasteiger partial charge in [0, 0.05) is 23.6 Å². The van der Waals surface area contributed by atoms with E-state index in [9.17, 15) is 9.90 Å². The largest absolute Gasteiger partial charge is 0.507 e. The molecule has 3 nitrogen and oxygen atoms in total. The molecule has 0 aromatic heterocycles. The van der Waals surface area contributed by atoms with E-state index in [1.165, 1.54) is 6.07 Å². The fraction of sp³-hybridized carbons (Fsp3) is 0.133. The summed E-state index contributed by atoms with van der Waals surface area (Å²) in [5.41, 5.74) is 1.53. The van der Waals surface area contributed by atoms with Crippen molar-refractivity contribution < 1.29 is 9.90 Å². The lowest BCUT2D eigenvalue weighted by Crippen LogP contribution is -2.26. The van der Waals surface area contributed by atoms with E-state index >= 15 is 0 Å². The Labute approximate surface area is 139 Å². The van der Waals surface area contributed by atoms with Crippen LogP contribution in [0.25, 0.3) is 0 Å². The SMILES string of the molecule is CN(Cc1cccc(Br)c1)C(=O)c1ccc(I)c(O)c1. The first-order valence-electron chi connectivity index (χ1n) is 5.96. The van der Waals surface area contributed by atoms with Crippen molar-refractivity contribution in [1.29, 1.82) is 0 Å². The summed E-state index contributed by atoms with van der Waals surface area (Å²) in [6, 6.07) is 12.8. The third kappa shape index (κ3) is 3.73. The molecule has 2 aromatic carbocycles. The minimum Gasteiger partial charge on any atom is -0.507 e. The fourth-order valence-corrected chi connectivity index (χ4v) is 2.63. The molecule has 0 saturated carbocycles. The molecule has 0 unspecified atom stereocenters. The lowest BCUT2D eigenvalue weighted by atomic mass is 10.1. The lowest BCUT2D eigenvalue weighted by Gasteiger charge is -2.17. The Bertz CT molecular complexity index is 646. The van der Waals surface area contributed by atoms with Crippen LogP contribution >= 0.6 is 38.5 Å². The highest BCUT2D eigenvalue weighted by Crippen LogP contribution is 2.21. The molecule has 0 saturated heterocycles. The Morgan fingerprint density at radius 1 is 1.30 bits per heavy atom. The van der Waals surface area contributed by atoms with E-state index in [-0.39, 0.29) is 11.7 Å². The number of phenols is 1. The minimum absolute atomic E-state index is 0.114. The zero-order valence-corrected chi connectivity index (χ0v) is 14.6. The van der Waals surface area contributed by atoms with Crippen LogP contribution in [0.5, 0.6) is 5.75 Å². The van der Waals surface area contributed by atoms with E-state index in [4.69, 9.17) is 0 Å². The van der Waals surface area contributed by atoms with Crippen molar-refractivity contribution in [2.75, 3.05) is 7.05 Å². The minimum atomic E-state index is -0.114. The maximum Gasteiger partial charge on any atom is 0.254 e. The van der Waals surface area contributed by atoms with Crippen LogP contribution in [0.2, 0.25) is 0 Å². The monoisotopic (exact) mass is 445 g/mol. The van der Waals surface area contributed by atoms with Crippen LogP contribution in [0.15, 0.2) is 46.9 Å². The summed E-state index contributed by atoms with van der Waals surface area (Å²) < 4.78 is 1.72. The fourth-order valence-electron chi connectivity index (χ4n) is 1.85. The molecule has 2 rings (SSSR count). The second kappa shape index (κ2) is 6.58. The van der Waals surface area contributed by atoms with Gasteiger partial charge in [0.25, 0.3) is 5.91 Å². The van der Waals surface area contributed by atoms with E-state index in [1.807, 2.05) is 46.9 Å². The molecule has 1 N–H and O–H groups in total. The predicted octanol–water partition coefficient (Wildman–Crippen LogP) is 4.03. The van der Waals surface area contributed by atoms with Gasteiger partial charge in [-0.3, -0.25) is 4.79 Å². The number of benzene rings is 2. The van der Waals surface area contributed by atoms with Gasteiger partial charge in [-0.05, 0) is 58.5 Å². The molecule has 1 amide bonds. The number of hydrogen-bond donors (Lipinski definition) is 1. The number of carbonyl (C=O) groups excluding carboxylic acids is 1. The van der Waals surface area contributed by atoms with Gasteiger partial charge in [-0.2, -0.15) is 0 Å². The molecular weight excluding hydrogens is 433 g/mol. The van der Waals surface area contributed by atoms with Crippen LogP contribution in [0.3, 0.4) is 0 Å². The summed E-state index contributed by atoms with van der Waals surface area (Å²) >= 11 is 5.44. The van der Waals surface area contributed by atoms with Crippen molar-refractivity contribution in [3.05, 3.63) is 61.6 Å². The third-order valence-corrected chi connectivity index (χ3v) is 4.25. The molecule has 2 aromatic rings. The van der Waals surface area contributed by atoms with Crippen molar-refractivity contribution >= 4 is 44.4 Å². The highest BCUT2D eigenvalue weighted by Gasteiger charge is 2.13. The normalized spacial score (nSPS) is 10.3. The van der Waals surface area contributed by atoms with E-state index < -0.39 is 0 Å². The van der Waals surface area contributed by atoms with Gasteiger partial charge < -0.3 is 10.0 Å². The van der Waals surface area contributed by atoms with Crippen LogP contribution in [-0.4, -0.2) is 23.0 Å². The summed E-state index contributed by atoms with van der Waals surface area (Å²) in [5, 5.41) is 9.67. The van der Waals surface area contributed by atoms with Crippen LogP contribution < -0.4 is 0 Å². The number of nitrogens with zero attached hydrogens (tertiary/aromatic N) is 1. The number of phenolic OH excluding ortho intramolecular Hbond substituents is 1. The topological polar surface area (TPSA) is 40.5 Å². The first kappa shape index (κ1) is 15.3. The summed E-state index contributed by atoms with van der Waals surface area (Å²) in [5.74, 6) is 0.0176. The summed E-state index contributed by atoms with van der Waals surface area (Å²) in [6.07, 6.45) is 0. The molecule has 20 heavy (non-hydrogen) atoms. The van der Waals surface area contributed by atoms with Crippen LogP contribution in [0.4, 0.5) is 0 Å². The van der Waals surface area contributed by atoms with Gasteiger partial charge in [0.15, 0.2) is 0 Å². The van der Waals surface area contributed by atoms with Crippen molar-refractivity contribution in [2.45, 2.75) is 6.54 Å². The van der Waals surface area contributed by atoms with Crippen LogP contribution in [0, 0.1) is 3.57 Å². The van der Waals surface area contributed by atoms with Gasteiger partial charge in [-0.15, -0.1) is 0 Å². The molecule has 0 heterocycles. The molecule has 0 fully saturated rings. The smallest absolute Gasteiger partial charge is 0.254 e. The molecule has 0 spiro atoms. The summed E-state index contributed by atoms with van der Waals surface area (Å²) in [7, 11) is 1.75. The van der Waals surface area contributed by atoms with Crippen molar-refractivity contribution in [2.24, 2.45) is 0 Å². The highest BCUT2D eigenvalue weighted by atomic mass is 127. The standard InChI is InChI=1S/C15H13BrINO2/c1-18(9-10-3-2-4-12(16)7-10)15(20)11-5-6-13(17)14(19)8-11/h2-8,19H,9H2,1H3. The molecule has 5 heteroatoms. The van der Waals surface area contributed by atoms with Crippen LogP contribution in [-0.2, 0) is 6.54 Å². The Kier molecular flexibility index (Phi) is 5.04. The summed E-state index contributed by atoms with van der Waals surface area (Å²) in [4.78, 5) is 13.9. The van der Waals surface area contributed by atoms with E-state index in [0.717, 1.165) is 13.6 Å². The zero-order valence-electron chi connectivity index (χ0n) is 10.8. The average Bonchev–Trinajstić information content (AvgIpc) is 2.41. The average molecular weight is 446 g/mol. The number of hydrogen-bond acceptors (Lipinski definition) is 2. The third-order valence-electron chi connectivity index (χ3n) is 2.85. The number of rotatable bonds is 3. The first-order valence-corrected chi connectivity index (χ1v) is 7.83. The van der Waals surface area contributed by atoms with Crippen molar-refractivity contribution in [3.63, 3.8) is 0 Å². The van der Waals surface area contributed by atoms with Crippen LogP contribution in [0.1, 0.15) is 15.9 Å². The second-order valence-electron chi connectivity index (χ2n) is 4.46. The Hall–Kier alpha value is -1.08. The maximum atomic E-state index is 12.3. The first-order chi connectivity index (χ1) is 9.47. The molecule has 0 bridgehead atoms. The van der Waals surface area contributed by atoms with Gasteiger partial charge in [-0.1, -0.05) is 28.1 Å². The van der Waals surface area contributed by atoms with E-state index in [0.29, 0.717) is 12.1 Å². The van der Waals surface area contributed by atoms with Gasteiger partial charge in [0.05, 0.1) is 3.57 Å². The quantitative estimate of drug-likeness (QED) is 0.724. The molecule has 104 valence electrons. The molecular formula is C15H13BrINO2. The number of aromatic hydroxyl groups is 1. The van der Waals surface area contributed by atoms with Gasteiger partial charge in [0.1, 0.15) is 5.75 Å². The number of amides is 1. The maximum absolute atomic E-state index is 12.3.